The van der Waals surface area contributed by atoms with E-state index in [2.05, 4.69) is 15.1 Å². The van der Waals surface area contributed by atoms with Crippen LogP contribution in [0.5, 0.6) is 5.75 Å². The molecule has 0 saturated heterocycles. The van der Waals surface area contributed by atoms with Gasteiger partial charge in [0.2, 0.25) is 0 Å². The van der Waals surface area contributed by atoms with Crippen molar-refractivity contribution in [1.82, 2.24) is 9.99 Å². The third-order valence-electron chi connectivity index (χ3n) is 5.08. The van der Waals surface area contributed by atoms with Crippen LogP contribution >= 0.6 is 11.6 Å². The second-order valence-corrected chi connectivity index (χ2v) is 7.90. The van der Waals surface area contributed by atoms with Crippen molar-refractivity contribution in [3.05, 3.63) is 101 Å². The van der Waals surface area contributed by atoms with Crippen LogP contribution in [0.4, 0.5) is 0 Å². The van der Waals surface area contributed by atoms with E-state index in [1.807, 2.05) is 48.7 Å². The quantitative estimate of drug-likeness (QED) is 0.228. The van der Waals surface area contributed by atoms with Crippen molar-refractivity contribution in [2.45, 2.75) is 6.54 Å². The van der Waals surface area contributed by atoms with Gasteiger partial charge in [-0.3, -0.25) is 4.79 Å². The largest absolute Gasteiger partial charge is 0.484 e. The van der Waals surface area contributed by atoms with Gasteiger partial charge in [0.1, 0.15) is 5.75 Å². The second-order valence-electron chi connectivity index (χ2n) is 7.46. The SMILES string of the molecule is COC(=O)c1cccc(Cn2cc(/C=N/NC(=O)COc3cccc(Cl)c3)c3ccccc32)c1. The monoisotopic (exact) mass is 475 g/mol. The molecule has 0 fully saturated rings. The first-order valence-corrected chi connectivity index (χ1v) is 10.9. The number of nitrogens with zero attached hydrogens (tertiary/aromatic N) is 2. The van der Waals surface area contributed by atoms with Gasteiger partial charge in [0.25, 0.3) is 5.91 Å². The highest BCUT2D eigenvalue weighted by Crippen LogP contribution is 2.22. The molecule has 0 bridgehead atoms. The number of halogens is 1. The van der Waals surface area contributed by atoms with Crippen molar-refractivity contribution in [3.63, 3.8) is 0 Å². The molecular formula is C26H22ClN3O4. The van der Waals surface area contributed by atoms with Crippen LogP contribution in [-0.2, 0) is 16.1 Å². The van der Waals surface area contributed by atoms with Crippen molar-refractivity contribution < 1.29 is 19.1 Å². The van der Waals surface area contributed by atoms with Gasteiger partial charge in [0, 0.05) is 34.2 Å². The number of methoxy groups -OCH3 is 1. The molecule has 0 unspecified atom stereocenters. The number of carbonyl (C=O) groups excluding carboxylic acids is 2. The average Bonchev–Trinajstić information content (AvgIpc) is 3.20. The van der Waals surface area contributed by atoms with E-state index >= 15 is 0 Å². The lowest BCUT2D eigenvalue weighted by molar-refractivity contribution is -0.123. The molecule has 1 heterocycles. The fourth-order valence-corrected chi connectivity index (χ4v) is 3.71. The number of benzene rings is 3. The van der Waals surface area contributed by atoms with E-state index in [9.17, 15) is 9.59 Å². The predicted octanol–water partition coefficient (Wildman–Crippen LogP) is 4.66. The lowest BCUT2D eigenvalue weighted by Crippen LogP contribution is -2.24. The maximum atomic E-state index is 12.1. The van der Waals surface area contributed by atoms with Crippen LogP contribution in [0.15, 0.2) is 84.1 Å². The Morgan fingerprint density at radius 2 is 1.88 bits per heavy atom. The van der Waals surface area contributed by atoms with Gasteiger partial charge < -0.3 is 14.0 Å². The molecule has 0 aliphatic rings. The number of nitrogens with one attached hydrogen (secondary N) is 1. The van der Waals surface area contributed by atoms with Gasteiger partial charge in [-0.1, -0.05) is 48.0 Å². The highest BCUT2D eigenvalue weighted by molar-refractivity contribution is 6.30. The van der Waals surface area contributed by atoms with Crippen LogP contribution in [0.25, 0.3) is 10.9 Å². The number of carbonyl (C=O) groups is 2. The van der Waals surface area contributed by atoms with Gasteiger partial charge in [-0.25, -0.2) is 10.2 Å². The third-order valence-corrected chi connectivity index (χ3v) is 5.31. The van der Waals surface area contributed by atoms with E-state index in [1.165, 1.54) is 7.11 Å². The Morgan fingerprint density at radius 3 is 2.71 bits per heavy atom. The van der Waals surface area contributed by atoms with Gasteiger partial charge in [-0.05, 0) is 42.0 Å². The normalized spacial score (nSPS) is 11.0. The summed E-state index contributed by atoms with van der Waals surface area (Å²) >= 11 is 5.91. The van der Waals surface area contributed by atoms with Gasteiger partial charge in [0.15, 0.2) is 6.61 Å². The number of hydrogen-bond donors (Lipinski definition) is 1. The molecule has 0 saturated carbocycles. The highest BCUT2D eigenvalue weighted by Gasteiger charge is 2.10. The van der Waals surface area contributed by atoms with Crippen molar-refractivity contribution in [2.75, 3.05) is 13.7 Å². The van der Waals surface area contributed by atoms with Gasteiger partial charge in [-0.15, -0.1) is 0 Å². The summed E-state index contributed by atoms with van der Waals surface area (Å²) in [6, 6.07) is 22.0. The molecule has 3 aromatic carbocycles. The number of para-hydroxylation sites is 1. The zero-order valence-electron chi connectivity index (χ0n) is 18.4. The number of ether oxygens (including phenoxy) is 2. The van der Waals surface area contributed by atoms with Gasteiger partial charge in [-0.2, -0.15) is 5.10 Å². The first-order chi connectivity index (χ1) is 16.5. The van der Waals surface area contributed by atoms with E-state index in [1.54, 1.807) is 36.5 Å². The van der Waals surface area contributed by atoms with Crippen LogP contribution in [0.3, 0.4) is 0 Å². The predicted molar refractivity (Wildman–Crippen MR) is 132 cm³/mol. The maximum Gasteiger partial charge on any atom is 0.337 e. The Hall–Kier alpha value is -4.10. The molecule has 0 radical (unpaired) electrons. The van der Waals surface area contributed by atoms with Crippen molar-refractivity contribution in [2.24, 2.45) is 5.10 Å². The summed E-state index contributed by atoms with van der Waals surface area (Å²) < 4.78 is 12.3. The molecule has 7 nitrogen and oxygen atoms in total. The molecular weight excluding hydrogens is 454 g/mol. The summed E-state index contributed by atoms with van der Waals surface area (Å²) in [4.78, 5) is 23.9. The molecule has 0 aliphatic heterocycles. The van der Waals surface area contributed by atoms with Crippen molar-refractivity contribution in [3.8, 4) is 5.75 Å². The zero-order valence-corrected chi connectivity index (χ0v) is 19.2. The molecule has 0 spiro atoms. The molecule has 4 aromatic rings. The molecule has 4 rings (SSSR count). The Kier molecular flexibility index (Phi) is 7.25. The number of rotatable bonds is 8. The molecule has 1 N–H and O–H groups in total. The van der Waals surface area contributed by atoms with E-state index < -0.39 is 0 Å². The summed E-state index contributed by atoms with van der Waals surface area (Å²) in [7, 11) is 1.36. The molecule has 1 aromatic heterocycles. The zero-order chi connectivity index (χ0) is 23.9. The first kappa shape index (κ1) is 23.1. The summed E-state index contributed by atoms with van der Waals surface area (Å²) in [6.45, 7) is 0.370. The molecule has 34 heavy (non-hydrogen) atoms. The lowest BCUT2D eigenvalue weighted by atomic mass is 10.1. The standard InChI is InChI=1S/C26H22ClN3O4/c1-33-26(32)19-7-4-6-18(12-19)15-30-16-20(23-10-2-3-11-24(23)30)14-28-29-25(31)17-34-22-9-5-8-21(27)13-22/h2-14,16H,15,17H2,1H3,(H,29,31)/b28-14+. The minimum atomic E-state index is -0.389. The van der Waals surface area contributed by atoms with E-state index in [4.69, 9.17) is 21.1 Å². The molecule has 0 aliphatic carbocycles. The fraction of sp³-hybridized carbons (Fsp3) is 0.115. The van der Waals surface area contributed by atoms with Crippen molar-refractivity contribution in [1.29, 1.82) is 0 Å². The Labute approximate surface area is 201 Å². The van der Waals surface area contributed by atoms with Crippen LogP contribution in [0.1, 0.15) is 21.5 Å². The van der Waals surface area contributed by atoms with E-state index in [0.717, 1.165) is 22.0 Å². The Morgan fingerprint density at radius 1 is 1.06 bits per heavy atom. The lowest BCUT2D eigenvalue weighted by Gasteiger charge is -2.07. The number of aromatic nitrogens is 1. The molecule has 172 valence electrons. The van der Waals surface area contributed by atoms with Gasteiger partial charge in [0.05, 0.1) is 18.9 Å². The Bertz CT molecular complexity index is 1360. The maximum absolute atomic E-state index is 12.1. The van der Waals surface area contributed by atoms with Crippen molar-refractivity contribution >= 4 is 40.6 Å². The number of fused-ring (bicyclic) bond motifs is 1. The van der Waals surface area contributed by atoms with Crippen LogP contribution in [0, 0.1) is 0 Å². The fourth-order valence-electron chi connectivity index (χ4n) is 3.53. The topological polar surface area (TPSA) is 81.9 Å². The minimum Gasteiger partial charge on any atom is -0.484 e. The third kappa shape index (κ3) is 5.63. The first-order valence-electron chi connectivity index (χ1n) is 10.5. The highest BCUT2D eigenvalue weighted by atomic mass is 35.5. The molecule has 1 amide bonds. The minimum absolute atomic E-state index is 0.185. The van der Waals surface area contributed by atoms with E-state index in [0.29, 0.717) is 22.9 Å². The smallest absolute Gasteiger partial charge is 0.337 e. The van der Waals surface area contributed by atoms with Crippen LogP contribution < -0.4 is 10.2 Å². The molecule has 0 atom stereocenters. The second kappa shape index (κ2) is 10.7. The average molecular weight is 476 g/mol. The summed E-state index contributed by atoms with van der Waals surface area (Å²) in [5.74, 6) is -0.257. The Balaban J connectivity index is 1.46. The van der Waals surface area contributed by atoms with Gasteiger partial charge >= 0.3 is 5.97 Å². The summed E-state index contributed by atoms with van der Waals surface area (Å²) in [6.07, 6.45) is 3.55. The molecule has 8 heteroatoms. The summed E-state index contributed by atoms with van der Waals surface area (Å²) in [5, 5.41) is 5.60. The number of hydrogen-bond acceptors (Lipinski definition) is 5. The van der Waals surface area contributed by atoms with Crippen LogP contribution in [0.2, 0.25) is 5.02 Å². The number of esters is 1. The number of amides is 1. The number of hydrazone groups is 1. The van der Waals surface area contributed by atoms with Crippen LogP contribution in [-0.4, -0.2) is 36.4 Å². The van der Waals surface area contributed by atoms with E-state index in [-0.39, 0.29) is 18.5 Å². The summed E-state index contributed by atoms with van der Waals surface area (Å²) in [5.41, 5.74) is 5.78.